The molecule has 28 heavy (non-hydrogen) atoms. The second kappa shape index (κ2) is 8.60. The van der Waals surface area contributed by atoms with Gasteiger partial charge in [-0.05, 0) is 36.8 Å². The SMILES string of the molecule is COc1ccc(N2CCN(C(=O)COc3cccc(C)c3)CC2)c([N+](=O)[O-])c1. The van der Waals surface area contributed by atoms with Gasteiger partial charge in [0.2, 0.25) is 0 Å². The van der Waals surface area contributed by atoms with Crippen molar-refractivity contribution in [2.24, 2.45) is 0 Å². The van der Waals surface area contributed by atoms with Gasteiger partial charge in [-0.2, -0.15) is 0 Å². The van der Waals surface area contributed by atoms with E-state index in [-0.39, 0.29) is 18.2 Å². The van der Waals surface area contributed by atoms with Gasteiger partial charge in [0.1, 0.15) is 17.2 Å². The zero-order chi connectivity index (χ0) is 20.1. The average molecular weight is 385 g/mol. The molecule has 1 aliphatic rings. The average Bonchev–Trinajstić information content (AvgIpc) is 2.71. The number of nitro benzene ring substituents is 1. The molecule has 2 aromatic rings. The van der Waals surface area contributed by atoms with Crippen molar-refractivity contribution in [3.05, 3.63) is 58.1 Å². The number of nitro groups is 1. The van der Waals surface area contributed by atoms with E-state index in [9.17, 15) is 14.9 Å². The van der Waals surface area contributed by atoms with E-state index in [1.54, 1.807) is 17.0 Å². The fourth-order valence-electron chi connectivity index (χ4n) is 3.18. The molecular formula is C20H23N3O5. The van der Waals surface area contributed by atoms with Crippen LogP contribution in [0.3, 0.4) is 0 Å². The van der Waals surface area contributed by atoms with E-state index in [1.807, 2.05) is 36.1 Å². The number of methoxy groups -OCH3 is 1. The van der Waals surface area contributed by atoms with Gasteiger partial charge in [0.25, 0.3) is 11.6 Å². The number of piperazine rings is 1. The standard InChI is InChI=1S/C20H23N3O5/c1-15-4-3-5-17(12-15)28-14-20(24)22-10-8-21(9-11-22)18-7-6-16(27-2)13-19(18)23(25)26/h3-7,12-13H,8-11,14H2,1-2H3. The molecular weight excluding hydrogens is 362 g/mol. The number of benzene rings is 2. The third kappa shape index (κ3) is 4.51. The number of nitrogens with zero attached hydrogens (tertiary/aromatic N) is 3. The van der Waals surface area contributed by atoms with E-state index in [0.717, 1.165) is 5.56 Å². The van der Waals surface area contributed by atoms with Crippen LogP contribution in [-0.4, -0.2) is 55.6 Å². The number of hydrogen-bond acceptors (Lipinski definition) is 6. The Kier molecular flexibility index (Phi) is 5.98. The number of rotatable bonds is 6. The van der Waals surface area contributed by atoms with E-state index in [2.05, 4.69) is 0 Å². The first-order chi connectivity index (χ1) is 13.5. The Labute approximate surface area is 163 Å². The third-order valence-electron chi connectivity index (χ3n) is 4.70. The maximum Gasteiger partial charge on any atom is 0.296 e. The van der Waals surface area contributed by atoms with Crippen molar-refractivity contribution in [2.45, 2.75) is 6.92 Å². The van der Waals surface area contributed by atoms with E-state index in [0.29, 0.717) is 43.4 Å². The Morgan fingerprint density at radius 2 is 1.86 bits per heavy atom. The Morgan fingerprint density at radius 1 is 1.11 bits per heavy atom. The molecule has 0 unspecified atom stereocenters. The van der Waals surface area contributed by atoms with Gasteiger partial charge in [-0.25, -0.2) is 0 Å². The first-order valence-corrected chi connectivity index (χ1v) is 9.02. The maximum absolute atomic E-state index is 12.4. The molecule has 8 nitrogen and oxygen atoms in total. The minimum atomic E-state index is -0.412. The van der Waals surface area contributed by atoms with Crippen LogP contribution in [0.4, 0.5) is 11.4 Å². The van der Waals surface area contributed by atoms with Crippen LogP contribution in [0.2, 0.25) is 0 Å². The normalized spacial score (nSPS) is 13.9. The van der Waals surface area contributed by atoms with Crippen LogP contribution < -0.4 is 14.4 Å². The molecule has 0 radical (unpaired) electrons. The summed E-state index contributed by atoms with van der Waals surface area (Å²) in [5.74, 6) is 1.02. The molecule has 0 saturated carbocycles. The van der Waals surface area contributed by atoms with Crippen LogP contribution in [0.5, 0.6) is 11.5 Å². The summed E-state index contributed by atoms with van der Waals surface area (Å²) in [6.45, 7) is 3.95. The number of anilines is 1. The Hall–Kier alpha value is -3.29. The highest BCUT2D eigenvalue weighted by atomic mass is 16.6. The quantitative estimate of drug-likeness (QED) is 0.561. The van der Waals surface area contributed by atoms with E-state index in [1.165, 1.54) is 13.2 Å². The van der Waals surface area contributed by atoms with Gasteiger partial charge < -0.3 is 19.3 Å². The molecule has 0 aliphatic carbocycles. The molecule has 3 rings (SSSR count). The van der Waals surface area contributed by atoms with Gasteiger partial charge in [0.15, 0.2) is 6.61 Å². The Balaban J connectivity index is 1.58. The van der Waals surface area contributed by atoms with Crippen LogP contribution in [0, 0.1) is 17.0 Å². The number of ether oxygens (including phenoxy) is 2. The number of carbonyl (C=O) groups is 1. The highest BCUT2D eigenvalue weighted by Crippen LogP contribution is 2.32. The molecule has 2 aromatic carbocycles. The van der Waals surface area contributed by atoms with E-state index < -0.39 is 4.92 Å². The maximum atomic E-state index is 12.4. The third-order valence-corrected chi connectivity index (χ3v) is 4.70. The van der Waals surface area contributed by atoms with Crippen molar-refractivity contribution in [3.63, 3.8) is 0 Å². The summed E-state index contributed by atoms with van der Waals surface area (Å²) in [5, 5.41) is 11.4. The van der Waals surface area contributed by atoms with Crippen molar-refractivity contribution in [1.29, 1.82) is 0 Å². The smallest absolute Gasteiger partial charge is 0.296 e. The van der Waals surface area contributed by atoms with Crippen molar-refractivity contribution >= 4 is 17.3 Å². The first kappa shape index (κ1) is 19.5. The van der Waals surface area contributed by atoms with Gasteiger partial charge in [-0.15, -0.1) is 0 Å². The molecule has 0 aromatic heterocycles. The number of hydrogen-bond donors (Lipinski definition) is 0. The zero-order valence-corrected chi connectivity index (χ0v) is 16.0. The second-order valence-corrected chi connectivity index (χ2v) is 6.58. The zero-order valence-electron chi connectivity index (χ0n) is 16.0. The Morgan fingerprint density at radius 3 is 2.50 bits per heavy atom. The molecule has 1 heterocycles. The minimum Gasteiger partial charge on any atom is -0.496 e. The van der Waals surface area contributed by atoms with Crippen LogP contribution >= 0.6 is 0 Å². The molecule has 1 fully saturated rings. The lowest BCUT2D eigenvalue weighted by Gasteiger charge is -2.35. The van der Waals surface area contributed by atoms with Crippen molar-refractivity contribution < 1.29 is 19.2 Å². The molecule has 1 aliphatic heterocycles. The van der Waals surface area contributed by atoms with Gasteiger partial charge >= 0.3 is 0 Å². The fourth-order valence-corrected chi connectivity index (χ4v) is 3.18. The fraction of sp³-hybridized carbons (Fsp3) is 0.350. The number of aryl methyl sites for hydroxylation is 1. The molecule has 148 valence electrons. The van der Waals surface area contributed by atoms with Crippen molar-refractivity contribution in [3.8, 4) is 11.5 Å². The predicted molar refractivity (Wildman–Crippen MR) is 105 cm³/mol. The predicted octanol–water partition coefficient (Wildman–Crippen LogP) is 2.64. The van der Waals surface area contributed by atoms with Crippen LogP contribution in [0.1, 0.15) is 5.56 Å². The lowest BCUT2D eigenvalue weighted by molar-refractivity contribution is -0.384. The lowest BCUT2D eigenvalue weighted by Crippen LogP contribution is -2.50. The Bertz CT molecular complexity index is 863. The lowest BCUT2D eigenvalue weighted by atomic mass is 10.2. The van der Waals surface area contributed by atoms with Gasteiger partial charge in [-0.3, -0.25) is 14.9 Å². The highest BCUT2D eigenvalue weighted by Gasteiger charge is 2.26. The van der Waals surface area contributed by atoms with Crippen LogP contribution in [-0.2, 0) is 4.79 Å². The molecule has 0 bridgehead atoms. The topological polar surface area (TPSA) is 85.2 Å². The van der Waals surface area contributed by atoms with Gasteiger partial charge in [0.05, 0.1) is 18.1 Å². The highest BCUT2D eigenvalue weighted by molar-refractivity contribution is 5.78. The van der Waals surface area contributed by atoms with Crippen LogP contribution in [0.25, 0.3) is 0 Å². The summed E-state index contributed by atoms with van der Waals surface area (Å²) in [6, 6.07) is 12.4. The summed E-state index contributed by atoms with van der Waals surface area (Å²) in [6.07, 6.45) is 0. The molecule has 0 atom stereocenters. The number of carbonyl (C=O) groups excluding carboxylic acids is 1. The second-order valence-electron chi connectivity index (χ2n) is 6.58. The summed E-state index contributed by atoms with van der Waals surface area (Å²) in [4.78, 5) is 27.0. The van der Waals surface area contributed by atoms with Crippen molar-refractivity contribution in [2.75, 3.05) is 44.8 Å². The summed E-state index contributed by atoms with van der Waals surface area (Å²) in [5.41, 5.74) is 1.61. The minimum absolute atomic E-state index is 0.00177. The molecule has 1 amide bonds. The largest absolute Gasteiger partial charge is 0.496 e. The van der Waals surface area contributed by atoms with Gasteiger partial charge in [-0.1, -0.05) is 12.1 Å². The summed E-state index contributed by atoms with van der Waals surface area (Å²) < 4.78 is 10.7. The summed E-state index contributed by atoms with van der Waals surface area (Å²) >= 11 is 0. The molecule has 1 saturated heterocycles. The van der Waals surface area contributed by atoms with Crippen LogP contribution in [0.15, 0.2) is 42.5 Å². The van der Waals surface area contributed by atoms with Crippen molar-refractivity contribution in [1.82, 2.24) is 4.90 Å². The molecule has 8 heteroatoms. The number of amides is 1. The van der Waals surface area contributed by atoms with E-state index >= 15 is 0 Å². The molecule has 0 N–H and O–H groups in total. The molecule has 0 spiro atoms. The monoisotopic (exact) mass is 385 g/mol. The van der Waals surface area contributed by atoms with E-state index in [4.69, 9.17) is 9.47 Å². The van der Waals surface area contributed by atoms with Gasteiger partial charge in [0, 0.05) is 26.2 Å². The first-order valence-electron chi connectivity index (χ1n) is 9.02. The summed E-state index contributed by atoms with van der Waals surface area (Å²) in [7, 11) is 1.47.